The third kappa shape index (κ3) is 2.50. The fourth-order valence-electron chi connectivity index (χ4n) is 2.15. The zero-order valence-electron chi connectivity index (χ0n) is 11.4. The van der Waals surface area contributed by atoms with Crippen molar-refractivity contribution in [1.82, 2.24) is 24.6 Å². The van der Waals surface area contributed by atoms with Gasteiger partial charge in [-0.2, -0.15) is 16.4 Å². The van der Waals surface area contributed by atoms with Crippen molar-refractivity contribution >= 4 is 28.2 Å². The normalized spacial score (nSPS) is 11.6. The van der Waals surface area contributed by atoms with Crippen molar-refractivity contribution in [3.05, 3.63) is 34.4 Å². The Labute approximate surface area is 120 Å². The highest BCUT2D eigenvalue weighted by molar-refractivity contribution is 7.07. The van der Waals surface area contributed by atoms with Crippen molar-refractivity contribution in [3.63, 3.8) is 0 Å². The molecule has 3 aromatic rings. The molecule has 3 rings (SSSR count). The fourth-order valence-corrected chi connectivity index (χ4v) is 2.81. The lowest BCUT2D eigenvalue weighted by Crippen LogP contribution is -2.19. The first-order valence-electron chi connectivity index (χ1n) is 6.27. The van der Waals surface area contributed by atoms with E-state index >= 15 is 0 Å². The fraction of sp³-hybridized carbons (Fsp3) is 0.308. The van der Waals surface area contributed by atoms with Crippen LogP contribution in [0.3, 0.4) is 0 Å². The van der Waals surface area contributed by atoms with Gasteiger partial charge in [0.1, 0.15) is 11.6 Å². The molecule has 0 unspecified atom stereocenters. The Morgan fingerprint density at radius 2 is 2.20 bits per heavy atom. The number of hydrogen-bond donors (Lipinski definition) is 1. The van der Waals surface area contributed by atoms with Crippen molar-refractivity contribution < 1.29 is 0 Å². The average molecular weight is 288 g/mol. The summed E-state index contributed by atoms with van der Waals surface area (Å²) in [5, 5.41) is 9.19. The summed E-state index contributed by atoms with van der Waals surface area (Å²) >= 11 is 1.71. The van der Waals surface area contributed by atoms with Crippen LogP contribution in [0.15, 0.2) is 23.0 Å². The van der Waals surface area contributed by atoms with Crippen molar-refractivity contribution in [2.75, 3.05) is 12.8 Å². The number of anilines is 1. The van der Waals surface area contributed by atoms with Gasteiger partial charge in [-0.25, -0.2) is 9.97 Å². The monoisotopic (exact) mass is 288 g/mol. The second kappa shape index (κ2) is 5.18. The van der Waals surface area contributed by atoms with Gasteiger partial charge in [0.2, 0.25) is 0 Å². The quantitative estimate of drug-likeness (QED) is 0.790. The van der Waals surface area contributed by atoms with E-state index in [4.69, 9.17) is 5.73 Å². The van der Waals surface area contributed by atoms with E-state index in [0.717, 1.165) is 23.4 Å². The third-order valence-electron chi connectivity index (χ3n) is 3.11. The molecule has 104 valence electrons. The molecule has 0 saturated carbocycles. The molecule has 2 N–H and O–H groups in total. The van der Waals surface area contributed by atoms with Gasteiger partial charge in [0, 0.05) is 13.6 Å². The number of thiophene rings is 1. The molecule has 0 fully saturated rings. The molecule has 0 aliphatic rings. The van der Waals surface area contributed by atoms with Gasteiger partial charge >= 0.3 is 0 Å². The molecule has 7 heteroatoms. The highest BCUT2D eigenvalue weighted by atomic mass is 32.1. The van der Waals surface area contributed by atoms with Gasteiger partial charge in [0.15, 0.2) is 5.65 Å². The Bertz CT molecular complexity index is 718. The van der Waals surface area contributed by atoms with E-state index < -0.39 is 0 Å². The van der Waals surface area contributed by atoms with Crippen LogP contribution in [0.2, 0.25) is 0 Å². The SMILES string of the molecule is CN(Cc1ccsc1)Cc1nc(N)c2cnn(C)c2n1. The van der Waals surface area contributed by atoms with Crippen LogP contribution in [0.5, 0.6) is 0 Å². The molecule has 0 bridgehead atoms. The molecule has 0 aliphatic heterocycles. The first kappa shape index (κ1) is 13.0. The predicted octanol–water partition coefficient (Wildman–Crippen LogP) is 1.64. The number of nitrogen functional groups attached to an aromatic ring is 1. The Morgan fingerprint density at radius 3 is 2.95 bits per heavy atom. The molecule has 0 radical (unpaired) electrons. The second-order valence-corrected chi connectivity index (χ2v) is 5.61. The maximum absolute atomic E-state index is 5.96. The maximum Gasteiger partial charge on any atom is 0.163 e. The van der Waals surface area contributed by atoms with Gasteiger partial charge in [-0.15, -0.1) is 0 Å². The Balaban J connectivity index is 1.81. The third-order valence-corrected chi connectivity index (χ3v) is 3.84. The van der Waals surface area contributed by atoms with Crippen LogP contribution in [-0.2, 0) is 20.1 Å². The van der Waals surface area contributed by atoms with E-state index in [1.165, 1.54) is 5.56 Å². The van der Waals surface area contributed by atoms with E-state index in [2.05, 4.69) is 36.8 Å². The molecule has 0 saturated heterocycles. The smallest absolute Gasteiger partial charge is 0.163 e. The van der Waals surface area contributed by atoms with Crippen LogP contribution in [0.25, 0.3) is 11.0 Å². The van der Waals surface area contributed by atoms with Crippen molar-refractivity contribution in [1.29, 1.82) is 0 Å². The molecule has 20 heavy (non-hydrogen) atoms. The molecule has 0 atom stereocenters. The van der Waals surface area contributed by atoms with Crippen molar-refractivity contribution in [3.8, 4) is 0 Å². The molecular formula is C13H16N6S. The molecule has 0 aromatic carbocycles. The highest BCUT2D eigenvalue weighted by Gasteiger charge is 2.11. The first-order chi connectivity index (χ1) is 9.63. The van der Waals surface area contributed by atoms with Gasteiger partial charge in [0.05, 0.1) is 18.1 Å². The summed E-state index contributed by atoms with van der Waals surface area (Å²) in [5.74, 6) is 1.21. The standard InChI is InChI=1S/C13H16N6S/c1-18(6-9-3-4-20-8-9)7-11-16-12(14)10-5-15-19(2)13(10)17-11/h3-5,8H,6-7H2,1-2H3,(H2,14,16,17). The number of nitrogens with zero attached hydrogens (tertiary/aromatic N) is 5. The van der Waals surface area contributed by atoms with E-state index in [-0.39, 0.29) is 0 Å². The first-order valence-corrected chi connectivity index (χ1v) is 7.21. The summed E-state index contributed by atoms with van der Waals surface area (Å²) in [5.41, 5.74) is 8.03. The largest absolute Gasteiger partial charge is 0.383 e. The Hall–Kier alpha value is -1.99. The van der Waals surface area contributed by atoms with Gasteiger partial charge in [0.25, 0.3) is 0 Å². The number of fused-ring (bicyclic) bond motifs is 1. The summed E-state index contributed by atoms with van der Waals surface area (Å²) in [6.45, 7) is 1.53. The number of aromatic nitrogens is 4. The van der Waals surface area contributed by atoms with Crippen LogP contribution in [0.4, 0.5) is 5.82 Å². The summed E-state index contributed by atoms with van der Waals surface area (Å²) in [6.07, 6.45) is 1.70. The number of nitrogens with two attached hydrogens (primary N) is 1. The molecule has 6 nitrogen and oxygen atoms in total. The Morgan fingerprint density at radius 1 is 1.35 bits per heavy atom. The van der Waals surface area contributed by atoms with Gasteiger partial charge < -0.3 is 5.73 Å². The van der Waals surface area contributed by atoms with Crippen LogP contribution in [0, 0.1) is 0 Å². The summed E-state index contributed by atoms with van der Waals surface area (Å²) in [7, 11) is 3.90. The minimum absolute atomic E-state index is 0.488. The zero-order valence-corrected chi connectivity index (χ0v) is 12.3. The van der Waals surface area contributed by atoms with E-state index in [9.17, 15) is 0 Å². The van der Waals surface area contributed by atoms with Crippen LogP contribution in [0.1, 0.15) is 11.4 Å². The lowest BCUT2D eigenvalue weighted by atomic mass is 10.3. The molecule has 0 aliphatic carbocycles. The van der Waals surface area contributed by atoms with Gasteiger partial charge in [-0.05, 0) is 29.4 Å². The minimum atomic E-state index is 0.488. The number of rotatable bonds is 4. The minimum Gasteiger partial charge on any atom is -0.383 e. The van der Waals surface area contributed by atoms with Gasteiger partial charge in [-0.3, -0.25) is 9.58 Å². The lowest BCUT2D eigenvalue weighted by molar-refractivity contribution is 0.311. The van der Waals surface area contributed by atoms with Gasteiger partial charge in [-0.1, -0.05) is 0 Å². The van der Waals surface area contributed by atoms with Crippen LogP contribution >= 0.6 is 11.3 Å². The number of aryl methyl sites for hydroxylation is 1. The molecule has 3 heterocycles. The lowest BCUT2D eigenvalue weighted by Gasteiger charge is -2.15. The van der Waals surface area contributed by atoms with Crippen LogP contribution in [-0.4, -0.2) is 31.7 Å². The highest BCUT2D eigenvalue weighted by Crippen LogP contribution is 2.17. The van der Waals surface area contributed by atoms with E-state index in [1.807, 2.05) is 14.1 Å². The predicted molar refractivity (Wildman–Crippen MR) is 80.2 cm³/mol. The summed E-state index contributed by atoms with van der Waals surface area (Å²) < 4.78 is 1.72. The van der Waals surface area contributed by atoms with E-state index in [1.54, 1.807) is 22.2 Å². The summed E-state index contributed by atoms with van der Waals surface area (Å²) in [4.78, 5) is 11.1. The molecule has 3 aromatic heterocycles. The van der Waals surface area contributed by atoms with Crippen LogP contribution < -0.4 is 5.73 Å². The topological polar surface area (TPSA) is 72.9 Å². The molecule has 0 spiro atoms. The van der Waals surface area contributed by atoms with E-state index in [0.29, 0.717) is 12.4 Å². The average Bonchev–Trinajstić information content (AvgIpc) is 3.00. The van der Waals surface area contributed by atoms with Crippen molar-refractivity contribution in [2.24, 2.45) is 7.05 Å². The molecule has 0 amide bonds. The molecular weight excluding hydrogens is 272 g/mol. The van der Waals surface area contributed by atoms with Crippen molar-refractivity contribution in [2.45, 2.75) is 13.1 Å². The Kier molecular flexibility index (Phi) is 3.37. The number of hydrogen-bond acceptors (Lipinski definition) is 6. The maximum atomic E-state index is 5.96. The summed E-state index contributed by atoms with van der Waals surface area (Å²) in [6, 6.07) is 2.13. The second-order valence-electron chi connectivity index (χ2n) is 4.83. The zero-order chi connectivity index (χ0) is 14.1.